The molecule has 0 heterocycles. The van der Waals surface area contributed by atoms with Crippen LogP contribution in [0, 0.1) is 5.41 Å². The third kappa shape index (κ3) is 6.30. The fourth-order valence-corrected chi connectivity index (χ4v) is 1.60. The molecule has 4 nitrogen and oxygen atoms in total. The molecule has 5 heteroatoms. The molecule has 0 aromatic carbocycles. The van der Waals surface area contributed by atoms with E-state index < -0.39 is 0 Å². The topological polar surface area (TPSA) is 58.4 Å². The van der Waals surface area contributed by atoms with Crippen LogP contribution in [0.4, 0.5) is 0 Å². The number of hydrogen-bond acceptors (Lipinski definition) is 3. The highest BCUT2D eigenvalue weighted by Gasteiger charge is 2.24. The number of amides is 1. The van der Waals surface area contributed by atoms with E-state index in [0.29, 0.717) is 19.1 Å². The molecule has 0 atom stereocenters. The largest absolute Gasteiger partial charge is 0.352 e. The van der Waals surface area contributed by atoms with Crippen molar-refractivity contribution in [2.45, 2.75) is 32.7 Å². The van der Waals surface area contributed by atoms with Crippen LogP contribution in [0.5, 0.6) is 0 Å². The Morgan fingerprint density at radius 2 is 2.06 bits per heavy atom. The zero-order chi connectivity index (χ0) is 11.5. The first kappa shape index (κ1) is 15.7. The van der Waals surface area contributed by atoms with Crippen LogP contribution in [-0.2, 0) is 4.79 Å². The van der Waals surface area contributed by atoms with E-state index in [1.807, 2.05) is 11.9 Å². The van der Waals surface area contributed by atoms with Gasteiger partial charge in [0, 0.05) is 12.6 Å². The van der Waals surface area contributed by atoms with Gasteiger partial charge in [-0.2, -0.15) is 0 Å². The molecule has 1 amide bonds. The normalized spacial score (nSPS) is 15.8. The number of rotatable bonds is 6. The van der Waals surface area contributed by atoms with E-state index in [-0.39, 0.29) is 23.7 Å². The van der Waals surface area contributed by atoms with Crippen molar-refractivity contribution in [1.82, 2.24) is 10.2 Å². The summed E-state index contributed by atoms with van der Waals surface area (Å²) in [5.74, 6) is 0.132. The van der Waals surface area contributed by atoms with Gasteiger partial charge in [-0.15, -0.1) is 12.4 Å². The van der Waals surface area contributed by atoms with E-state index in [4.69, 9.17) is 5.73 Å². The lowest BCUT2D eigenvalue weighted by molar-refractivity contribution is -0.122. The summed E-state index contributed by atoms with van der Waals surface area (Å²) in [5, 5.41) is 2.98. The first-order chi connectivity index (χ1) is 6.93. The predicted molar refractivity (Wildman–Crippen MR) is 68.7 cm³/mol. The van der Waals surface area contributed by atoms with Crippen LogP contribution in [-0.4, -0.2) is 43.5 Å². The Labute approximate surface area is 104 Å². The van der Waals surface area contributed by atoms with Crippen LogP contribution in [0.2, 0.25) is 0 Å². The summed E-state index contributed by atoms with van der Waals surface area (Å²) in [6.45, 7) is 6.19. The van der Waals surface area contributed by atoms with Crippen molar-refractivity contribution < 1.29 is 4.79 Å². The standard InChI is InChI=1S/C11H23N3O.ClH/c1-11(2,7-12)8-14(3)6-10(15)13-9-4-5-9;/h9H,4-8,12H2,1-3H3,(H,13,15);1H. The highest BCUT2D eigenvalue weighted by Crippen LogP contribution is 2.18. The number of likely N-dealkylation sites (N-methyl/N-ethyl adjacent to an activating group) is 1. The summed E-state index contributed by atoms with van der Waals surface area (Å²) < 4.78 is 0. The van der Waals surface area contributed by atoms with Crippen molar-refractivity contribution >= 4 is 18.3 Å². The molecule has 1 fully saturated rings. The smallest absolute Gasteiger partial charge is 0.234 e. The third-order valence-corrected chi connectivity index (χ3v) is 2.61. The predicted octanol–water partition coefficient (Wildman–Crippen LogP) is 0.603. The maximum absolute atomic E-state index is 11.5. The van der Waals surface area contributed by atoms with Gasteiger partial charge in [-0.3, -0.25) is 9.69 Å². The molecule has 1 aliphatic carbocycles. The average Bonchev–Trinajstić information content (AvgIpc) is 2.86. The molecular formula is C11H24ClN3O. The number of nitrogens with zero attached hydrogens (tertiary/aromatic N) is 1. The van der Waals surface area contributed by atoms with Gasteiger partial charge in [0.25, 0.3) is 0 Å². The van der Waals surface area contributed by atoms with Crippen molar-refractivity contribution in [1.29, 1.82) is 0 Å². The van der Waals surface area contributed by atoms with E-state index in [9.17, 15) is 4.79 Å². The third-order valence-electron chi connectivity index (χ3n) is 2.61. The molecule has 0 radical (unpaired) electrons. The first-order valence-electron chi connectivity index (χ1n) is 5.61. The second-order valence-corrected chi connectivity index (χ2v) is 5.38. The van der Waals surface area contributed by atoms with Gasteiger partial charge in [-0.05, 0) is 31.8 Å². The van der Waals surface area contributed by atoms with Gasteiger partial charge in [0.05, 0.1) is 6.54 Å². The molecule has 3 N–H and O–H groups in total. The first-order valence-corrected chi connectivity index (χ1v) is 5.61. The van der Waals surface area contributed by atoms with Gasteiger partial charge in [-0.25, -0.2) is 0 Å². The summed E-state index contributed by atoms with van der Waals surface area (Å²) >= 11 is 0. The summed E-state index contributed by atoms with van der Waals surface area (Å²) in [6, 6.07) is 0.452. The lowest BCUT2D eigenvalue weighted by Gasteiger charge is -2.28. The molecule has 0 unspecified atom stereocenters. The number of carbonyl (C=O) groups is 1. The van der Waals surface area contributed by atoms with Gasteiger partial charge in [0.1, 0.15) is 0 Å². The summed E-state index contributed by atoms with van der Waals surface area (Å²) in [7, 11) is 1.96. The summed E-state index contributed by atoms with van der Waals surface area (Å²) in [4.78, 5) is 13.5. The van der Waals surface area contributed by atoms with Crippen LogP contribution >= 0.6 is 12.4 Å². The number of halogens is 1. The van der Waals surface area contributed by atoms with E-state index in [2.05, 4.69) is 19.2 Å². The minimum absolute atomic E-state index is 0. The van der Waals surface area contributed by atoms with Crippen LogP contribution in [0.15, 0.2) is 0 Å². The monoisotopic (exact) mass is 249 g/mol. The van der Waals surface area contributed by atoms with Crippen molar-refractivity contribution in [3.8, 4) is 0 Å². The molecule has 0 aromatic rings. The number of carbonyl (C=O) groups excluding carboxylic acids is 1. The average molecular weight is 250 g/mol. The lowest BCUT2D eigenvalue weighted by atomic mass is 9.93. The minimum atomic E-state index is 0. The fraction of sp³-hybridized carbons (Fsp3) is 0.909. The van der Waals surface area contributed by atoms with Crippen LogP contribution < -0.4 is 11.1 Å². The van der Waals surface area contributed by atoms with Gasteiger partial charge in [-0.1, -0.05) is 13.8 Å². The molecule has 1 rings (SSSR count). The van der Waals surface area contributed by atoms with Crippen molar-refractivity contribution in [3.05, 3.63) is 0 Å². The quantitative estimate of drug-likeness (QED) is 0.725. The SMILES string of the molecule is CN(CC(=O)NC1CC1)CC(C)(C)CN.Cl. The lowest BCUT2D eigenvalue weighted by Crippen LogP contribution is -2.42. The van der Waals surface area contributed by atoms with Crippen LogP contribution in [0.3, 0.4) is 0 Å². The van der Waals surface area contributed by atoms with Gasteiger partial charge < -0.3 is 11.1 Å². The summed E-state index contributed by atoms with van der Waals surface area (Å²) in [5.41, 5.74) is 5.73. The second-order valence-electron chi connectivity index (χ2n) is 5.38. The van der Waals surface area contributed by atoms with Crippen molar-refractivity contribution in [3.63, 3.8) is 0 Å². The van der Waals surface area contributed by atoms with E-state index in [1.165, 1.54) is 0 Å². The Bertz CT molecular complexity index is 229. The van der Waals surface area contributed by atoms with Crippen LogP contribution in [0.1, 0.15) is 26.7 Å². The van der Waals surface area contributed by atoms with Gasteiger partial charge >= 0.3 is 0 Å². The van der Waals surface area contributed by atoms with Crippen molar-refractivity contribution in [2.24, 2.45) is 11.1 Å². The van der Waals surface area contributed by atoms with Crippen LogP contribution in [0.25, 0.3) is 0 Å². The van der Waals surface area contributed by atoms with E-state index in [0.717, 1.165) is 19.4 Å². The Morgan fingerprint density at radius 1 is 1.50 bits per heavy atom. The molecule has 0 aliphatic heterocycles. The maximum atomic E-state index is 11.5. The number of nitrogens with one attached hydrogen (secondary N) is 1. The zero-order valence-electron chi connectivity index (χ0n) is 10.5. The Kier molecular flexibility index (Phi) is 6.30. The Balaban J connectivity index is 0.00000225. The molecule has 0 bridgehead atoms. The Morgan fingerprint density at radius 3 is 2.50 bits per heavy atom. The molecule has 1 saturated carbocycles. The molecule has 0 saturated heterocycles. The minimum Gasteiger partial charge on any atom is -0.352 e. The highest BCUT2D eigenvalue weighted by atomic mass is 35.5. The zero-order valence-corrected chi connectivity index (χ0v) is 11.3. The summed E-state index contributed by atoms with van der Waals surface area (Å²) in [6.07, 6.45) is 2.29. The van der Waals surface area contributed by atoms with E-state index >= 15 is 0 Å². The molecule has 96 valence electrons. The second kappa shape index (κ2) is 6.42. The molecule has 1 aliphatic rings. The molecule has 16 heavy (non-hydrogen) atoms. The molecular weight excluding hydrogens is 226 g/mol. The van der Waals surface area contributed by atoms with E-state index in [1.54, 1.807) is 0 Å². The maximum Gasteiger partial charge on any atom is 0.234 e. The van der Waals surface area contributed by atoms with Crippen molar-refractivity contribution in [2.75, 3.05) is 26.7 Å². The molecule has 0 aromatic heterocycles. The fourth-order valence-electron chi connectivity index (χ4n) is 1.60. The van der Waals surface area contributed by atoms with Gasteiger partial charge in [0.2, 0.25) is 5.91 Å². The van der Waals surface area contributed by atoms with Gasteiger partial charge in [0.15, 0.2) is 0 Å². The number of nitrogens with two attached hydrogens (primary N) is 1. The highest BCUT2D eigenvalue weighted by molar-refractivity contribution is 5.85. The number of hydrogen-bond donors (Lipinski definition) is 2. The Hall–Kier alpha value is -0.320. The molecule has 0 spiro atoms.